The minimum absolute atomic E-state index is 0.0504. The number of rotatable bonds is 8. The monoisotopic (exact) mass is 531 g/mol. The summed E-state index contributed by atoms with van der Waals surface area (Å²) in [4.78, 5) is 11.5. The summed E-state index contributed by atoms with van der Waals surface area (Å²) in [6.07, 6.45) is -6.35. The molecule has 3 aromatic carbocycles. The second kappa shape index (κ2) is 10.2. The van der Waals surface area contributed by atoms with Crippen LogP contribution in [0.1, 0.15) is 22.8 Å². The van der Waals surface area contributed by atoms with E-state index in [0.29, 0.717) is 11.6 Å². The number of hydrogen-bond donors (Lipinski definition) is 1. The van der Waals surface area contributed by atoms with Crippen LogP contribution in [0.15, 0.2) is 71.6 Å². The minimum atomic E-state index is -4.65. The van der Waals surface area contributed by atoms with E-state index in [1.165, 1.54) is 37.4 Å². The van der Waals surface area contributed by atoms with Gasteiger partial charge in [0.15, 0.2) is 0 Å². The maximum Gasteiger partial charge on any atom is 0.416 e. The normalized spacial score (nSPS) is 13.0. The van der Waals surface area contributed by atoms with Gasteiger partial charge in [-0.15, -0.1) is 0 Å². The van der Waals surface area contributed by atoms with Crippen molar-refractivity contribution in [2.45, 2.75) is 23.7 Å². The Morgan fingerprint density at radius 3 is 2.31 bits per heavy atom. The van der Waals surface area contributed by atoms with Crippen LogP contribution in [0.4, 0.5) is 17.6 Å². The van der Waals surface area contributed by atoms with Crippen LogP contribution in [-0.4, -0.2) is 30.8 Å². The van der Waals surface area contributed by atoms with Gasteiger partial charge >= 0.3 is 12.1 Å². The predicted molar refractivity (Wildman–Crippen MR) is 119 cm³/mol. The molecule has 0 bridgehead atoms. The highest BCUT2D eigenvalue weighted by atomic mass is 35.5. The zero-order chi connectivity index (χ0) is 26.0. The molecule has 0 spiro atoms. The number of carboxylic acids is 1. The molecule has 0 saturated heterocycles. The number of sulfonamides is 1. The molecule has 35 heavy (non-hydrogen) atoms. The van der Waals surface area contributed by atoms with Crippen molar-refractivity contribution in [1.29, 1.82) is 0 Å². The lowest BCUT2D eigenvalue weighted by Crippen LogP contribution is -2.26. The first-order valence-electron chi connectivity index (χ1n) is 9.86. The van der Waals surface area contributed by atoms with Crippen LogP contribution < -0.4 is 4.74 Å². The van der Waals surface area contributed by atoms with E-state index in [1.54, 1.807) is 0 Å². The molecule has 0 amide bonds. The van der Waals surface area contributed by atoms with Crippen molar-refractivity contribution in [2.24, 2.45) is 0 Å². The van der Waals surface area contributed by atoms with Gasteiger partial charge in [0.05, 0.1) is 15.5 Å². The smallest absolute Gasteiger partial charge is 0.416 e. The number of nitrogens with zero attached hydrogens (tertiary/aromatic N) is 1. The number of ether oxygens (including phenoxy) is 1. The number of halogens is 5. The van der Waals surface area contributed by atoms with Gasteiger partial charge in [-0.3, -0.25) is 0 Å². The Hall–Kier alpha value is -3.15. The second-order valence-electron chi connectivity index (χ2n) is 7.44. The van der Waals surface area contributed by atoms with Gasteiger partial charge in [-0.1, -0.05) is 35.9 Å². The number of benzene rings is 3. The molecule has 0 aliphatic heterocycles. The molecular formula is C23H18ClF4NO5S. The van der Waals surface area contributed by atoms with Crippen molar-refractivity contribution in [3.05, 3.63) is 94.3 Å². The summed E-state index contributed by atoms with van der Waals surface area (Å²) >= 11 is 5.67. The molecule has 3 aromatic rings. The summed E-state index contributed by atoms with van der Waals surface area (Å²) < 4.78 is 84.1. The van der Waals surface area contributed by atoms with Crippen LogP contribution in [0, 0.1) is 5.82 Å². The van der Waals surface area contributed by atoms with Gasteiger partial charge in [0, 0.05) is 19.2 Å². The Kier molecular flexibility index (Phi) is 7.73. The van der Waals surface area contributed by atoms with Crippen LogP contribution in [0.5, 0.6) is 5.75 Å². The molecule has 0 aliphatic carbocycles. The van der Waals surface area contributed by atoms with E-state index in [4.69, 9.17) is 16.3 Å². The maximum atomic E-state index is 13.4. The summed E-state index contributed by atoms with van der Waals surface area (Å²) in [5.74, 6) is -2.19. The van der Waals surface area contributed by atoms with E-state index in [2.05, 4.69) is 0 Å². The fraction of sp³-hybridized carbons (Fsp3) is 0.174. The van der Waals surface area contributed by atoms with E-state index < -0.39 is 39.7 Å². The molecule has 12 heteroatoms. The topological polar surface area (TPSA) is 83.9 Å². The average molecular weight is 532 g/mol. The summed E-state index contributed by atoms with van der Waals surface area (Å²) in [6.45, 7) is -0.0897. The van der Waals surface area contributed by atoms with Gasteiger partial charge in [0.25, 0.3) is 0 Å². The van der Waals surface area contributed by atoms with Gasteiger partial charge in [-0.05, 0) is 48.0 Å². The Morgan fingerprint density at radius 2 is 1.74 bits per heavy atom. The van der Waals surface area contributed by atoms with Crippen LogP contribution in [0.25, 0.3) is 0 Å². The third-order valence-electron chi connectivity index (χ3n) is 4.92. The summed E-state index contributed by atoms with van der Waals surface area (Å²) in [5.41, 5.74) is -0.699. The van der Waals surface area contributed by atoms with Gasteiger partial charge in [-0.2, -0.15) is 17.5 Å². The van der Waals surface area contributed by atoms with Crippen LogP contribution in [0.3, 0.4) is 0 Å². The zero-order valence-corrected chi connectivity index (χ0v) is 19.5. The number of aliphatic carboxylic acids is 1. The predicted octanol–water partition coefficient (Wildman–Crippen LogP) is 5.52. The summed E-state index contributed by atoms with van der Waals surface area (Å²) in [6, 6.07) is 12.5. The first kappa shape index (κ1) is 26.5. The Morgan fingerprint density at radius 1 is 1.09 bits per heavy atom. The molecule has 1 atom stereocenters. The molecule has 0 aromatic heterocycles. The molecule has 0 heterocycles. The Bertz CT molecular complexity index is 1330. The number of carbonyl (C=O) groups is 1. The average Bonchev–Trinajstić information content (AvgIpc) is 2.79. The van der Waals surface area contributed by atoms with Crippen molar-refractivity contribution in [1.82, 2.24) is 4.31 Å². The molecule has 0 radical (unpaired) electrons. The highest BCUT2D eigenvalue weighted by Gasteiger charge is 2.32. The molecular weight excluding hydrogens is 514 g/mol. The van der Waals surface area contributed by atoms with E-state index in [1.807, 2.05) is 0 Å². The van der Waals surface area contributed by atoms with Crippen LogP contribution in [-0.2, 0) is 27.5 Å². The van der Waals surface area contributed by atoms with E-state index >= 15 is 0 Å². The first-order valence-corrected chi connectivity index (χ1v) is 11.7. The largest absolute Gasteiger partial charge is 0.478 e. The van der Waals surface area contributed by atoms with Gasteiger partial charge < -0.3 is 9.84 Å². The van der Waals surface area contributed by atoms with Gasteiger partial charge in [0.1, 0.15) is 11.6 Å². The standard InChI is InChI=1S/C23H18ClF4NO5S/c1-29(35(32,33)18-9-10-20(25)19(24)12-18)13-14-5-7-17(8-6-14)34-21(22(30)31)15-3-2-4-16(11-15)23(26,27)28/h2-12,21H,13H2,1H3,(H,30,31). The van der Waals surface area contributed by atoms with Crippen molar-refractivity contribution in [3.8, 4) is 5.75 Å². The molecule has 1 N–H and O–H groups in total. The molecule has 0 saturated carbocycles. The third kappa shape index (κ3) is 6.30. The lowest BCUT2D eigenvalue weighted by molar-refractivity contribution is -0.146. The van der Waals surface area contributed by atoms with Crippen molar-refractivity contribution >= 4 is 27.6 Å². The van der Waals surface area contributed by atoms with Crippen molar-refractivity contribution < 1.29 is 40.6 Å². The van der Waals surface area contributed by atoms with E-state index in [0.717, 1.165) is 34.6 Å². The molecule has 186 valence electrons. The molecule has 0 fully saturated rings. The minimum Gasteiger partial charge on any atom is -0.478 e. The number of carboxylic acid groups (broad SMARTS) is 1. The highest BCUT2D eigenvalue weighted by Crippen LogP contribution is 2.32. The highest BCUT2D eigenvalue weighted by molar-refractivity contribution is 7.89. The number of alkyl halides is 3. The van der Waals surface area contributed by atoms with Gasteiger partial charge in [0.2, 0.25) is 16.1 Å². The number of hydrogen-bond acceptors (Lipinski definition) is 4. The van der Waals surface area contributed by atoms with Gasteiger partial charge in [-0.25, -0.2) is 17.6 Å². The Labute approximate surface area is 203 Å². The van der Waals surface area contributed by atoms with Crippen LogP contribution >= 0.6 is 11.6 Å². The SMILES string of the molecule is CN(Cc1ccc(OC(C(=O)O)c2cccc(C(F)(F)F)c2)cc1)S(=O)(=O)c1ccc(F)c(Cl)c1. The first-order chi connectivity index (χ1) is 16.3. The molecule has 1 unspecified atom stereocenters. The fourth-order valence-electron chi connectivity index (χ4n) is 3.11. The lowest BCUT2D eigenvalue weighted by atomic mass is 10.1. The van der Waals surface area contributed by atoms with Crippen molar-refractivity contribution in [2.75, 3.05) is 7.05 Å². The third-order valence-corrected chi connectivity index (χ3v) is 7.01. The quantitative estimate of drug-likeness (QED) is 0.387. The summed E-state index contributed by atoms with van der Waals surface area (Å²) in [7, 11) is -2.68. The maximum absolute atomic E-state index is 13.4. The summed E-state index contributed by atoms with van der Waals surface area (Å²) in [5, 5.41) is 9.14. The molecule has 3 rings (SSSR count). The zero-order valence-electron chi connectivity index (χ0n) is 18.0. The Balaban J connectivity index is 1.75. The molecule has 6 nitrogen and oxygen atoms in total. The van der Waals surface area contributed by atoms with E-state index in [-0.39, 0.29) is 27.8 Å². The van der Waals surface area contributed by atoms with Crippen LogP contribution in [0.2, 0.25) is 5.02 Å². The molecule has 0 aliphatic rings. The second-order valence-corrected chi connectivity index (χ2v) is 9.89. The fourth-order valence-corrected chi connectivity index (χ4v) is 4.54. The lowest BCUT2D eigenvalue weighted by Gasteiger charge is -2.19. The van der Waals surface area contributed by atoms with E-state index in [9.17, 15) is 35.9 Å². The van der Waals surface area contributed by atoms with Crippen molar-refractivity contribution in [3.63, 3.8) is 0 Å².